The minimum absolute atomic E-state index is 0.0659. The van der Waals surface area contributed by atoms with Gasteiger partial charge in [-0.15, -0.1) is 0 Å². The van der Waals surface area contributed by atoms with E-state index in [1.54, 1.807) is 12.1 Å². The molecule has 1 unspecified atom stereocenters. The number of para-hydroxylation sites is 1. The molecule has 0 aromatic heterocycles. The average molecular weight is 488 g/mol. The summed E-state index contributed by atoms with van der Waals surface area (Å²) in [6, 6.07) is 15.8. The van der Waals surface area contributed by atoms with Gasteiger partial charge in [0.05, 0.1) is 11.9 Å². The molecule has 8 heteroatoms. The number of amides is 2. The first-order chi connectivity index (χ1) is 16.0. The number of anilines is 1. The quantitative estimate of drug-likeness (QED) is 0.521. The summed E-state index contributed by atoms with van der Waals surface area (Å²) in [5, 5.41) is 2.89. The fraction of sp³-hybridized carbons (Fsp3) is 0.462. The second kappa shape index (κ2) is 12.0. The smallest absolute Gasteiger partial charge is 0.244 e. The Labute approximate surface area is 204 Å². The van der Waals surface area contributed by atoms with Crippen molar-refractivity contribution >= 4 is 27.5 Å². The topological polar surface area (TPSA) is 86.8 Å². The molecule has 1 atom stereocenters. The molecular weight excluding hydrogens is 450 g/mol. The standard InChI is InChI=1S/C26H37N3O4S/c1-7-23(26(31)27-20(4)5)28(17-21-13-9-8-10-14-21)25(30)18-29(34(6,32)33)24-16-12-11-15-22(24)19(2)3/h8-16,19-20,23H,7,17-18H2,1-6H3,(H,27,31). The molecule has 2 aromatic carbocycles. The number of hydrogen-bond acceptors (Lipinski definition) is 4. The second-order valence-corrected chi connectivity index (χ2v) is 11.0. The Morgan fingerprint density at radius 3 is 2.06 bits per heavy atom. The number of nitrogens with zero attached hydrogens (tertiary/aromatic N) is 2. The van der Waals surface area contributed by atoms with Gasteiger partial charge >= 0.3 is 0 Å². The predicted molar refractivity (Wildman–Crippen MR) is 137 cm³/mol. The van der Waals surface area contributed by atoms with Crippen LogP contribution in [-0.2, 0) is 26.2 Å². The highest BCUT2D eigenvalue weighted by atomic mass is 32.2. The van der Waals surface area contributed by atoms with Crippen LogP contribution in [-0.4, -0.2) is 50.0 Å². The minimum Gasteiger partial charge on any atom is -0.352 e. The van der Waals surface area contributed by atoms with Crippen molar-refractivity contribution in [3.63, 3.8) is 0 Å². The molecule has 0 fully saturated rings. The molecular formula is C26H37N3O4S. The molecule has 7 nitrogen and oxygen atoms in total. The van der Waals surface area contributed by atoms with Crippen molar-refractivity contribution in [3.05, 3.63) is 65.7 Å². The van der Waals surface area contributed by atoms with E-state index < -0.39 is 22.0 Å². The number of carbonyl (C=O) groups excluding carboxylic acids is 2. The molecule has 0 aliphatic heterocycles. The lowest BCUT2D eigenvalue weighted by atomic mass is 10.0. The molecule has 0 spiro atoms. The molecule has 186 valence electrons. The maximum Gasteiger partial charge on any atom is 0.244 e. The van der Waals surface area contributed by atoms with Gasteiger partial charge in [-0.1, -0.05) is 69.3 Å². The van der Waals surface area contributed by atoms with E-state index >= 15 is 0 Å². The highest BCUT2D eigenvalue weighted by Gasteiger charge is 2.32. The van der Waals surface area contributed by atoms with Crippen LogP contribution in [0.3, 0.4) is 0 Å². The van der Waals surface area contributed by atoms with Crippen LogP contribution in [0.2, 0.25) is 0 Å². The Morgan fingerprint density at radius 1 is 0.941 bits per heavy atom. The van der Waals surface area contributed by atoms with E-state index in [2.05, 4.69) is 5.32 Å². The van der Waals surface area contributed by atoms with Crippen LogP contribution in [0.25, 0.3) is 0 Å². The molecule has 0 radical (unpaired) electrons. The van der Waals surface area contributed by atoms with Gasteiger partial charge in [0.2, 0.25) is 21.8 Å². The van der Waals surface area contributed by atoms with Crippen LogP contribution in [0.4, 0.5) is 5.69 Å². The summed E-state index contributed by atoms with van der Waals surface area (Å²) in [6.07, 6.45) is 1.50. The highest BCUT2D eigenvalue weighted by Crippen LogP contribution is 2.29. The third kappa shape index (κ3) is 7.32. The van der Waals surface area contributed by atoms with Crippen molar-refractivity contribution in [2.45, 2.75) is 65.6 Å². The van der Waals surface area contributed by atoms with E-state index in [1.165, 1.54) is 4.90 Å². The molecule has 1 N–H and O–H groups in total. The van der Waals surface area contributed by atoms with E-state index in [4.69, 9.17) is 0 Å². The molecule has 34 heavy (non-hydrogen) atoms. The zero-order valence-electron chi connectivity index (χ0n) is 21.0. The van der Waals surface area contributed by atoms with Crippen molar-refractivity contribution in [2.24, 2.45) is 0 Å². The van der Waals surface area contributed by atoms with Gasteiger partial charge in [0.15, 0.2) is 0 Å². The van der Waals surface area contributed by atoms with E-state index in [-0.39, 0.29) is 31.0 Å². The number of sulfonamides is 1. The van der Waals surface area contributed by atoms with Gasteiger partial charge in [-0.05, 0) is 43.4 Å². The Kier molecular flexibility index (Phi) is 9.67. The molecule has 2 aromatic rings. The Morgan fingerprint density at radius 2 is 1.53 bits per heavy atom. The third-order valence-corrected chi connectivity index (χ3v) is 6.65. The summed E-state index contributed by atoms with van der Waals surface area (Å²) in [6.45, 7) is 9.34. The maximum absolute atomic E-state index is 13.7. The first kappa shape index (κ1) is 27.4. The summed E-state index contributed by atoms with van der Waals surface area (Å²) in [5.74, 6) is -0.620. The number of nitrogens with one attached hydrogen (secondary N) is 1. The fourth-order valence-electron chi connectivity index (χ4n) is 3.88. The number of hydrogen-bond donors (Lipinski definition) is 1. The lowest BCUT2D eigenvalue weighted by molar-refractivity contribution is -0.140. The van der Waals surface area contributed by atoms with Gasteiger partial charge in [0, 0.05) is 12.6 Å². The zero-order chi connectivity index (χ0) is 25.5. The number of benzene rings is 2. The van der Waals surface area contributed by atoms with Crippen molar-refractivity contribution in [2.75, 3.05) is 17.1 Å². The Balaban J connectivity index is 2.48. The highest BCUT2D eigenvalue weighted by molar-refractivity contribution is 7.92. The van der Waals surface area contributed by atoms with Crippen LogP contribution >= 0.6 is 0 Å². The molecule has 0 aliphatic carbocycles. The van der Waals surface area contributed by atoms with Crippen molar-refractivity contribution < 1.29 is 18.0 Å². The van der Waals surface area contributed by atoms with Crippen molar-refractivity contribution in [1.29, 1.82) is 0 Å². The van der Waals surface area contributed by atoms with Crippen LogP contribution < -0.4 is 9.62 Å². The largest absolute Gasteiger partial charge is 0.352 e. The minimum atomic E-state index is -3.76. The monoisotopic (exact) mass is 487 g/mol. The third-order valence-electron chi connectivity index (χ3n) is 5.52. The molecule has 0 heterocycles. The average Bonchev–Trinajstić information content (AvgIpc) is 2.76. The van der Waals surface area contributed by atoms with Gasteiger partial charge in [0.25, 0.3) is 0 Å². The van der Waals surface area contributed by atoms with Gasteiger partial charge < -0.3 is 10.2 Å². The second-order valence-electron chi connectivity index (χ2n) is 9.08. The van der Waals surface area contributed by atoms with E-state index in [0.717, 1.165) is 21.7 Å². The van der Waals surface area contributed by atoms with E-state index in [1.807, 2.05) is 77.1 Å². The van der Waals surface area contributed by atoms with Crippen LogP contribution in [0.1, 0.15) is 58.1 Å². The van der Waals surface area contributed by atoms with Crippen LogP contribution in [0.5, 0.6) is 0 Å². The summed E-state index contributed by atoms with van der Waals surface area (Å²) < 4.78 is 26.8. The summed E-state index contributed by atoms with van der Waals surface area (Å²) in [5.41, 5.74) is 2.17. The Bertz CT molecular complexity index is 1070. The molecule has 2 amide bonds. The normalized spacial score (nSPS) is 12.5. The van der Waals surface area contributed by atoms with E-state index in [9.17, 15) is 18.0 Å². The summed E-state index contributed by atoms with van der Waals surface area (Å²) in [7, 11) is -3.76. The van der Waals surface area contributed by atoms with Gasteiger partial charge in [-0.2, -0.15) is 0 Å². The molecule has 0 bridgehead atoms. The number of rotatable bonds is 11. The van der Waals surface area contributed by atoms with Crippen molar-refractivity contribution in [3.8, 4) is 0 Å². The lowest BCUT2D eigenvalue weighted by Gasteiger charge is -2.33. The number of carbonyl (C=O) groups is 2. The Hall–Kier alpha value is -2.87. The van der Waals surface area contributed by atoms with Gasteiger partial charge in [-0.3, -0.25) is 13.9 Å². The summed E-state index contributed by atoms with van der Waals surface area (Å²) in [4.78, 5) is 28.2. The molecule has 2 rings (SSSR count). The first-order valence-electron chi connectivity index (χ1n) is 11.7. The van der Waals surface area contributed by atoms with Gasteiger partial charge in [0.1, 0.15) is 12.6 Å². The molecule has 0 saturated carbocycles. The van der Waals surface area contributed by atoms with Crippen LogP contribution in [0, 0.1) is 0 Å². The molecule has 0 aliphatic rings. The molecule has 0 saturated heterocycles. The van der Waals surface area contributed by atoms with Gasteiger partial charge in [-0.25, -0.2) is 8.42 Å². The predicted octanol–water partition coefficient (Wildman–Crippen LogP) is 3.91. The fourth-order valence-corrected chi connectivity index (χ4v) is 4.75. The van der Waals surface area contributed by atoms with E-state index in [0.29, 0.717) is 12.1 Å². The SMILES string of the molecule is CCC(C(=O)NC(C)C)N(Cc1ccccc1)C(=O)CN(c1ccccc1C(C)C)S(C)(=O)=O. The van der Waals surface area contributed by atoms with Crippen molar-refractivity contribution in [1.82, 2.24) is 10.2 Å². The summed E-state index contributed by atoms with van der Waals surface area (Å²) >= 11 is 0. The lowest BCUT2D eigenvalue weighted by Crippen LogP contribution is -2.53. The maximum atomic E-state index is 13.7. The zero-order valence-corrected chi connectivity index (χ0v) is 21.8. The first-order valence-corrected chi connectivity index (χ1v) is 13.5. The van der Waals surface area contributed by atoms with Crippen LogP contribution in [0.15, 0.2) is 54.6 Å².